The molecule has 1 unspecified atom stereocenters. The second kappa shape index (κ2) is 7.40. The van der Waals surface area contributed by atoms with Gasteiger partial charge in [-0.05, 0) is 35.9 Å². The molecule has 1 amide bonds. The Labute approximate surface area is 157 Å². The monoisotopic (exact) mass is 369 g/mol. The number of aromatic nitrogens is 1. The van der Waals surface area contributed by atoms with Gasteiger partial charge in [0, 0.05) is 30.0 Å². The number of hydrogen-bond donors (Lipinski definition) is 1. The van der Waals surface area contributed by atoms with E-state index in [-0.39, 0.29) is 11.9 Å². The van der Waals surface area contributed by atoms with Crippen molar-refractivity contribution in [2.45, 2.75) is 19.1 Å². The summed E-state index contributed by atoms with van der Waals surface area (Å²) in [6.07, 6.45) is 3.68. The van der Waals surface area contributed by atoms with Crippen LogP contribution in [0.4, 0.5) is 0 Å². The second-order valence-corrected chi connectivity index (χ2v) is 6.78. The minimum atomic E-state index is -0.0400. The van der Waals surface area contributed by atoms with Crippen molar-refractivity contribution in [3.63, 3.8) is 0 Å². The predicted octanol–water partition coefficient (Wildman–Crippen LogP) is 3.46. The molecule has 0 radical (unpaired) electrons. The predicted molar refractivity (Wildman–Crippen MR) is 99.9 cm³/mol. The van der Waals surface area contributed by atoms with Crippen LogP contribution in [0.3, 0.4) is 0 Å². The van der Waals surface area contributed by atoms with Crippen molar-refractivity contribution in [2.75, 3.05) is 13.1 Å². The van der Waals surface area contributed by atoms with Gasteiger partial charge in [-0.25, -0.2) is 0 Å². The lowest BCUT2D eigenvalue weighted by Gasteiger charge is -2.37. The first-order valence-corrected chi connectivity index (χ1v) is 9.03. The van der Waals surface area contributed by atoms with E-state index in [0.29, 0.717) is 18.1 Å². The highest BCUT2D eigenvalue weighted by Gasteiger charge is 2.31. The molecular weight excluding hydrogens is 350 g/mol. The molecule has 3 heterocycles. The summed E-state index contributed by atoms with van der Waals surface area (Å²) in [7, 11) is 0. The van der Waals surface area contributed by atoms with Gasteiger partial charge >= 0.3 is 0 Å². The highest BCUT2D eigenvalue weighted by Crippen LogP contribution is 2.35. The first-order valence-electron chi connectivity index (χ1n) is 8.65. The number of furan rings is 1. The molecule has 0 fully saturated rings. The molecule has 1 N–H and O–H groups in total. The fourth-order valence-electron chi connectivity index (χ4n) is 3.49. The van der Waals surface area contributed by atoms with Crippen molar-refractivity contribution >= 4 is 17.5 Å². The van der Waals surface area contributed by atoms with Gasteiger partial charge in [-0.1, -0.05) is 29.8 Å². The van der Waals surface area contributed by atoms with Gasteiger partial charge in [-0.2, -0.15) is 0 Å². The Kier molecular flexibility index (Phi) is 4.82. The van der Waals surface area contributed by atoms with E-state index in [1.807, 2.05) is 42.5 Å². The minimum Gasteiger partial charge on any atom is -0.467 e. The number of carbonyl (C=O) groups excluding carboxylic acids is 1. The lowest BCUT2D eigenvalue weighted by Crippen LogP contribution is -2.44. The molecule has 0 aliphatic carbocycles. The molecule has 1 aliphatic heterocycles. The molecule has 4 rings (SSSR count). The summed E-state index contributed by atoms with van der Waals surface area (Å²) in [5, 5.41) is 3.64. The van der Waals surface area contributed by atoms with Crippen molar-refractivity contribution < 1.29 is 9.21 Å². The maximum absolute atomic E-state index is 12.5. The highest BCUT2D eigenvalue weighted by molar-refractivity contribution is 6.31. The van der Waals surface area contributed by atoms with Crippen LogP contribution in [0.2, 0.25) is 5.02 Å². The summed E-state index contributed by atoms with van der Waals surface area (Å²) in [5.74, 6) is 0.715. The van der Waals surface area contributed by atoms with Crippen LogP contribution < -0.4 is 5.32 Å². The first kappa shape index (κ1) is 16.9. The third kappa shape index (κ3) is 3.41. The molecule has 3 aromatic rings. The van der Waals surface area contributed by atoms with E-state index < -0.39 is 0 Å². The van der Waals surface area contributed by atoms with Gasteiger partial charge in [-0.15, -0.1) is 0 Å². The maximum atomic E-state index is 12.5. The number of hydrogen-bond acceptors (Lipinski definition) is 3. The fraction of sp³-hybridized carbons (Fsp3) is 0.250. The third-order valence-corrected chi connectivity index (χ3v) is 5.07. The highest BCUT2D eigenvalue weighted by atomic mass is 35.5. The van der Waals surface area contributed by atoms with Crippen LogP contribution in [0.15, 0.2) is 65.4 Å². The molecule has 0 saturated heterocycles. The Morgan fingerprint density at radius 1 is 1.15 bits per heavy atom. The van der Waals surface area contributed by atoms with Crippen LogP contribution in [0.25, 0.3) is 0 Å². The molecule has 1 aromatic carbocycles. The SMILES string of the molecule is O=C(CN1CCn2cccc2C1c1ccccc1Cl)NCc1ccco1. The summed E-state index contributed by atoms with van der Waals surface area (Å²) >= 11 is 6.47. The summed E-state index contributed by atoms with van der Waals surface area (Å²) in [5.41, 5.74) is 2.18. The van der Waals surface area contributed by atoms with Crippen molar-refractivity contribution in [1.82, 2.24) is 14.8 Å². The number of carbonyl (C=O) groups is 1. The summed E-state index contributed by atoms with van der Waals surface area (Å²) in [4.78, 5) is 14.7. The molecule has 134 valence electrons. The molecular formula is C20H20ClN3O2. The molecule has 6 heteroatoms. The number of amides is 1. The largest absolute Gasteiger partial charge is 0.467 e. The lowest BCUT2D eigenvalue weighted by atomic mass is 10.00. The van der Waals surface area contributed by atoms with Gasteiger partial charge in [0.15, 0.2) is 0 Å². The number of rotatable bonds is 5. The third-order valence-electron chi connectivity index (χ3n) is 4.72. The fourth-order valence-corrected chi connectivity index (χ4v) is 3.73. The molecule has 2 aromatic heterocycles. The molecule has 0 saturated carbocycles. The minimum absolute atomic E-state index is 0.0292. The van der Waals surface area contributed by atoms with E-state index in [4.69, 9.17) is 16.0 Å². The smallest absolute Gasteiger partial charge is 0.234 e. The first-order chi connectivity index (χ1) is 12.7. The molecule has 0 bridgehead atoms. The van der Waals surface area contributed by atoms with Crippen molar-refractivity contribution in [3.8, 4) is 0 Å². The quantitative estimate of drug-likeness (QED) is 0.749. The van der Waals surface area contributed by atoms with Crippen LogP contribution in [0.1, 0.15) is 23.1 Å². The molecule has 5 nitrogen and oxygen atoms in total. The Morgan fingerprint density at radius 2 is 2.04 bits per heavy atom. The number of halogens is 1. The van der Waals surface area contributed by atoms with Gasteiger partial charge in [0.25, 0.3) is 0 Å². The normalized spacial score (nSPS) is 17.0. The lowest BCUT2D eigenvalue weighted by molar-refractivity contribution is -0.123. The average molecular weight is 370 g/mol. The zero-order valence-electron chi connectivity index (χ0n) is 14.3. The van der Waals surface area contributed by atoms with Gasteiger partial charge < -0.3 is 14.3 Å². The Morgan fingerprint density at radius 3 is 2.85 bits per heavy atom. The number of nitrogens with zero attached hydrogens (tertiary/aromatic N) is 2. The van der Waals surface area contributed by atoms with E-state index in [2.05, 4.69) is 27.0 Å². The van der Waals surface area contributed by atoms with E-state index >= 15 is 0 Å². The number of benzene rings is 1. The van der Waals surface area contributed by atoms with Crippen LogP contribution in [0, 0.1) is 0 Å². The van der Waals surface area contributed by atoms with Crippen molar-refractivity contribution in [1.29, 1.82) is 0 Å². The zero-order chi connectivity index (χ0) is 17.9. The zero-order valence-corrected chi connectivity index (χ0v) is 15.0. The number of nitrogens with one attached hydrogen (secondary N) is 1. The standard InChI is InChI=1S/C20H20ClN3O2/c21-17-7-2-1-6-16(17)20-18-8-3-9-23(18)10-11-24(20)14-19(25)22-13-15-5-4-12-26-15/h1-9,12,20H,10-11,13-14H2,(H,22,25). The van der Waals surface area contributed by atoms with Gasteiger partial charge in [0.2, 0.25) is 5.91 Å². The van der Waals surface area contributed by atoms with E-state index in [1.165, 1.54) is 0 Å². The Bertz CT molecular complexity index is 888. The average Bonchev–Trinajstić information content (AvgIpc) is 3.32. The van der Waals surface area contributed by atoms with E-state index in [0.717, 1.165) is 30.1 Å². The van der Waals surface area contributed by atoms with Crippen molar-refractivity contribution in [2.24, 2.45) is 0 Å². The van der Waals surface area contributed by atoms with Gasteiger partial charge in [-0.3, -0.25) is 9.69 Å². The molecule has 0 spiro atoms. The second-order valence-electron chi connectivity index (χ2n) is 6.38. The van der Waals surface area contributed by atoms with E-state index in [9.17, 15) is 4.79 Å². The van der Waals surface area contributed by atoms with Crippen molar-refractivity contribution in [3.05, 3.63) is 83.0 Å². The summed E-state index contributed by atoms with van der Waals surface area (Å²) < 4.78 is 7.49. The summed E-state index contributed by atoms with van der Waals surface area (Å²) in [6, 6.07) is 15.6. The van der Waals surface area contributed by atoms with Crippen LogP contribution in [0.5, 0.6) is 0 Å². The summed E-state index contributed by atoms with van der Waals surface area (Å²) in [6.45, 7) is 2.34. The topological polar surface area (TPSA) is 50.4 Å². The maximum Gasteiger partial charge on any atom is 0.234 e. The Hall–Kier alpha value is -2.50. The van der Waals surface area contributed by atoms with E-state index in [1.54, 1.807) is 6.26 Å². The van der Waals surface area contributed by atoms with Crippen LogP contribution in [-0.4, -0.2) is 28.5 Å². The molecule has 1 aliphatic rings. The van der Waals surface area contributed by atoms with Crippen LogP contribution in [-0.2, 0) is 17.9 Å². The molecule has 1 atom stereocenters. The number of fused-ring (bicyclic) bond motifs is 1. The van der Waals surface area contributed by atoms with Gasteiger partial charge in [0.1, 0.15) is 5.76 Å². The van der Waals surface area contributed by atoms with Gasteiger partial charge in [0.05, 0.1) is 25.4 Å². The van der Waals surface area contributed by atoms with Crippen LogP contribution >= 0.6 is 11.6 Å². The Balaban J connectivity index is 1.54. The molecule has 26 heavy (non-hydrogen) atoms.